The summed E-state index contributed by atoms with van der Waals surface area (Å²) < 4.78 is 0. The average Bonchev–Trinajstić information content (AvgIpc) is 3.30. The second-order valence-corrected chi connectivity index (χ2v) is 6.63. The molecule has 0 unspecified atom stereocenters. The summed E-state index contributed by atoms with van der Waals surface area (Å²) in [7, 11) is 0. The minimum atomic E-state index is 0.202. The van der Waals surface area contributed by atoms with E-state index < -0.39 is 0 Å². The Morgan fingerprint density at radius 3 is 2.85 bits per heavy atom. The van der Waals surface area contributed by atoms with Gasteiger partial charge in [0.2, 0.25) is 11.9 Å². The molecule has 5 nitrogen and oxygen atoms in total. The Morgan fingerprint density at radius 2 is 2.15 bits per heavy atom. The molecule has 2 aliphatic carbocycles. The van der Waals surface area contributed by atoms with Crippen LogP contribution in [0.25, 0.3) is 0 Å². The topological polar surface area (TPSA) is 58.1 Å². The number of rotatable bonds is 3. The fourth-order valence-corrected chi connectivity index (χ4v) is 3.31. The predicted octanol–water partition coefficient (Wildman–Crippen LogP) is 1.28. The zero-order chi connectivity index (χ0) is 13.7. The van der Waals surface area contributed by atoms with Gasteiger partial charge in [-0.25, -0.2) is 9.97 Å². The molecule has 106 valence electrons. The largest absolute Gasteiger partial charge is 0.353 e. The number of hydrogen-bond acceptors (Lipinski definition) is 4. The molecule has 2 saturated carbocycles. The van der Waals surface area contributed by atoms with Crippen LogP contribution in [-0.2, 0) is 4.79 Å². The van der Waals surface area contributed by atoms with Crippen molar-refractivity contribution in [3.63, 3.8) is 0 Å². The molecule has 0 radical (unpaired) electrons. The van der Waals surface area contributed by atoms with Crippen molar-refractivity contribution in [1.29, 1.82) is 0 Å². The normalized spacial score (nSPS) is 31.6. The van der Waals surface area contributed by atoms with Gasteiger partial charge in [-0.1, -0.05) is 0 Å². The lowest BCUT2D eigenvalue weighted by Crippen LogP contribution is -2.30. The van der Waals surface area contributed by atoms with Crippen molar-refractivity contribution in [2.75, 3.05) is 18.0 Å². The number of hydrogen-bond donors (Lipinski definition) is 1. The summed E-state index contributed by atoms with van der Waals surface area (Å²) in [6.07, 6.45) is 8.17. The minimum absolute atomic E-state index is 0.202. The Hall–Kier alpha value is -1.65. The lowest BCUT2D eigenvalue weighted by atomic mass is 10.0. The number of carbonyl (C=O) groups is 1. The number of nitrogens with one attached hydrogen (secondary N) is 1. The Bertz CT molecular complexity index is 539. The first-order valence-corrected chi connectivity index (χ1v) is 7.50. The van der Waals surface area contributed by atoms with Crippen LogP contribution in [0.2, 0.25) is 0 Å². The molecule has 1 amide bonds. The van der Waals surface area contributed by atoms with Crippen molar-refractivity contribution < 1.29 is 4.79 Å². The van der Waals surface area contributed by atoms with E-state index in [4.69, 9.17) is 0 Å². The molecule has 1 saturated heterocycles. The maximum atomic E-state index is 12.1. The number of aromatic nitrogens is 2. The van der Waals surface area contributed by atoms with Gasteiger partial charge in [0.05, 0.1) is 0 Å². The first kappa shape index (κ1) is 12.1. The summed E-state index contributed by atoms with van der Waals surface area (Å²) >= 11 is 0. The maximum absolute atomic E-state index is 12.1. The highest BCUT2D eigenvalue weighted by Crippen LogP contribution is 2.58. The van der Waals surface area contributed by atoms with Crippen molar-refractivity contribution in [2.24, 2.45) is 11.3 Å². The lowest BCUT2D eigenvalue weighted by Gasteiger charge is -2.16. The van der Waals surface area contributed by atoms with Crippen LogP contribution >= 0.6 is 0 Å². The van der Waals surface area contributed by atoms with Gasteiger partial charge in [0.25, 0.3) is 0 Å². The molecule has 0 bridgehead atoms. The maximum Gasteiger partial charge on any atom is 0.225 e. The molecule has 1 N–H and O–H groups in total. The molecule has 1 aliphatic heterocycles. The van der Waals surface area contributed by atoms with Crippen LogP contribution < -0.4 is 10.2 Å². The highest BCUT2D eigenvalue weighted by atomic mass is 16.2. The average molecular weight is 272 g/mol. The molecule has 0 aromatic carbocycles. The fourth-order valence-electron chi connectivity index (χ4n) is 3.31. The van der Waals surface area contributed by atoms with Gasteiger partial charge in [0.1, 0.15) is 0 Å². The molecule has 1 spiro atoms. The van der Waals surface area contributed by atoms with Gasteiger partial charge in [-0.05, 0) is 38.2 Å². The SMILES string of the molecule is Cc1cnc(N2CC[C@]3(C[C@@H]3C(=O)NC3CC3)C2)nc1. The predicted molar refractivity (Wildman–Crippen MR) is 75.3 cm³/mol. The first-order valence-electron chi connectivity index (χ1n) is 7.50. The summed E-state index contributed by atoms with van der Waals surface area (Å²) in [5.74, 6) is 1.30. The van der Waals surface area contributed by atoms with Crippen LogP contribution in [0.3, 0.4) is 0 Å². The summed E-state index contributed by atoms with van der Waals surface area (Å²) in [5.41, 5.74) is 1.28. The Labute approximate surface area is 118 Å². The molecule has 2 heterocycles. The molecule has 2 atom stereocenters. The molecule has 20 heavy (non-hydrogen) atoms. The van der Waals surface area contributed by atoms with Gasteiger partial charge < -0.3 is 10.2 Å². The van der Waals surface area contributed by atoms with E-state index in [1.165, 1.54) is 0 Å². The van der Waals surface area contributed by atoms with Crippen molar-refractivity contribution in [3.8, 4) is 0 Å². The number of anilines is 1. The number of aryl methyl sites for hydroxylation is 1. The van der Waals surface area contributed by atoms with Crippen LogP contribution in [0, 0.1) is 18.3 Å². The molecule has 5 heteroatoms. The zero-order valence-electron chi connectivity index (χ0n) is 11.8. The van der Waals surface area contributed by atoms with Crippen LogP contribution in [0.5, 0.6) is 0 Å². The van der Waals surface area contributed by atoms with E-state index >= 15 is 0 Å². The van der Waals surface area contributed by atoms with Crippen LogP contribution in [0.4, 0.5) is 5.95 Å². The number of amides is 1. The first-order chi connectivity index (χ1) is 9.66. The van der Waals surface area contributed by atoms with Crippen molar-refractivity contribution in [2.45, 2.75) is 38.6 Å². The van der Waals surface area contributed by atoms with Crippen molar-refractivity contribution >= 4 is 11.9 Å². The van der Waals surface area contributed by atoms with Crippen molar-refractivity contribution in [1.82, 2.24) is 15.3 Å². The van der Waals surface area contributed by atoms with Crippen LogP contribution in [-0.4, -0.2) is 35.0 Å². The van der Waals surface area contributed by atoms with E-state index in [9.17, 15) is 4.79 Å². The molecular weight excluding hydrogens is 252 g/mol. The van der Waals surface area contributed by atoms with Gasteiger partial charge in [-0.2, -0.15) is 0 Å². The highest BCUT2D eigenvalue weighted by molar-refractivity contribution is 5.83. The van der Waals surface area contributed by atoms with Crippen molar-refractivity contribution in [3.05, 3.63) is 18.0 Å². The van der Waals surface area contributed by atoms with Crippen LogP contribution in [0.15, 0.2) is 12.4 Å². The standard InChI is InChI=1S/C15H20N4O/c1-10-7-16-14(17-8-10)19-5-4-15(9-19)6-12(15)13(20)18-11-2-3-11/h7-8,11-12H,2-6,9H2,1H3,(H,18,20)/t12-,15+/m1/s1. The van der Waals surface area contributed by atoms with Gasteiger partial charge in [-0.15, -0.1) is 0 Å². The third-order valence-corrected chi connectivity index (χ3v) is 4.87. The molecular formula is C15H20N4O. The summed E-state index contributed by atoms with van der Waals surface area (Å²) in [6, 6.07) is 0.470. The second-order valence-electron chi connectivity index (χ2n) is 6.63. The molecule has 3 aliphatic rings. The smallest absolute Gasteiger partial charge is 0.225 e. The quantitative estimate of drug-likeness (QED) is 0.900. The lowest BCUT2D eigenvalue weighted by molar-refractivity contribution is -0.123. The number of nitrogens with zero attached hydrogens (tertiary/aromatic N) is 3. The van der Waals surface area contributed by atoms with Gasteiger partial charge in [0.15, 0.2) is 0 Å². The molecule has 1 aromatic heterocycles. The monoisotopic (exact) mass is 272 g/mol. The summed E-state index contributed by atoms with van der Waals surface area (Å²) in [4.78, 5) is 23.2. The number of carbonyl (C=O) groups excluding carboxylic acids is 1. The molecule has 3 fully saturated rings. The van der Waals surface area contributed by atoms with E-state index in [1.54, 1.807) is 0 Å². The van der Waals surface area contributed by atoms with E-state index in [-0.39, 0.29) is 17.2 Å². The molecule has 1 aromatic rings. The summed E-state index contributed by atoms with van der Waals surface area (Å²) in [6.45, 7) is 3.89. The Balaban J connectivity index is 1.41. The van der Waals surface area contributed by atoms with Gasteiger partial charge >= 0.3 is 0 Å². The fraction of sp³-hybridized carbons (Fsp3) is 0.667. The van der Waals surface area contributed by atoms with E-state index in [1.807, 2.05) is 19.3 Å². The third kappa shape index (κ3) is 2.05. The second kappa shape index (κ2) is 4.17. The van der Waals surface area contributed by atoms with E-state index in [0.29, 0.717) is 6.04 Å². The van der Waals surface area contributed by atoms with Crippen LogP contribution in [0.1, 0.15) is 31.2 Å². The Kier molecular flexibility index (Phi) is 2.53. The third-order valence-electron chi connectivity index (χ3n) is 4.87. The van der Waals surface area contributed by atoms with Gasteiger partial charge in [-0.3, -0.25) is 4.79 Å². The highest BCUT2D eigenvalue weighted by Gasteiger charge is 2.61. The van der Waals surface area contributed by atoms with Gasteiger partial charge in [0, 0.05) is 42.9 Å². The minimum Gasteiger partial charge on any atom is -0.353 e. The summed E-state index contributed by atoms with van der Waals surface area (Å²) in [5, 5.41) is 3.14. The Morgan fingerprint density at radius 1 is 1.40 bits per heavy atom. The van der Waals surface area contributed by atoms with E-state index in [2.05, 4.69) is 20.2 Å². The zero-order valence-corrected chi connectivity index (χ0v) is 11.8. The molecule has 4 rings (SSSR count). The van der Waals surface area contributed by atoms with E-state index in [0.717, 1.165) is 50.3 Å².